The number of benzene rings is 2. The van der Waals surface area contributed by atoms with Crippen molar-refractivity contribution in [2.75, 3.05) is 7.11 Å². The molecule has 2 unspecified atom stereocenters. The smallest absolute Gasteiger partial charge is 0.306 e. The van der Waals surface area contributed by atoms with Gasteiger partial charge >= 0.3 is 5.97 Å². The first-order valence-corrected chi connectivity index (χ1v) is 8.68. The molecule has 0 radical (unpaired) electrons. The number of amides is 1. The minimum absolute atomic E-state index is 0.267. The van der Waals surface area contributed by atoms with Crippen molar-refractivity contribution in [3.8, 4) is 5.75 Å². The minimum Gasteiger partial charge on any atom is -0.497 e. The second-order valence-corrected chi connectivity index (χ2v) is 6.56. The van der Waals surface area contributed by atoms with E-state index in [2.05, 4.69) is 5.32 Å². The highest BCUT2D eigenvalue weighted by molar-refractivity contribution is 5.82. The molecule has 2 atom stereocenters. The summed E-state index contributed by atoms with van der Waals surface area (Å²) in [5, 5.41) is 12.2. The lowest BCUT2D eigenvalue weighted by molar-refractivity contribution is -0.140. The predicted octanol–water partition coefficient (Wildman–Crippen LogP) is 3.11. The van der Waals surface area contributed by atoms with Gasteiger partial charge in [-0.25, -0.2) is 0 Å². The third-order valence-electron chi connectivity index (χ3n) is 4.32. The summed E-state index contributed by atoms with van der Waals surface area (Å²) < 4.78 is 10.8. The predicted molar refractivity (Wildman–Crippen MR) is 101 cm³/mol. The van der Waals surface area contributed by atoms with Crippen LogP contribution in [0.15, 0.2) is 54.6 Å². The Morgan fingerprint density at radius 3 is 2.48 bits per heavy atom. The highest BCUT2D eigenvalue weighted by Gasteiger charge is 2.33. The van der Waals surface area contributed by atoms with Crippen molar-refractivity contribution >= 4 is 11.9 Å². The topological polar surface area (TPSA) is 84.9 Å². The van der Waals surface area contributed by atoms with Gasteiger partial charge in [-0.1, -0.05) is 42.5 Å². The molecule has 2 aromatic carbocycles. The van der Waals surface area contributed by atoms with E-state index in [1.165, 1.54) is 7.11 Å². The maximum atomic E-state index is 12.6. The molecule has 6 nitrogen and oxygen atoms in total. The van der Waals surface area contributed by atoms with E-state index in [1.807, 2.05) is 30.3 Å². The molecular formula is C21H25NO5. The van der Waals surface area contributed by atoms with E-state index in [0.717, 1.165) is 5.56 Å². The summed E-state index contributed by atoms with van der Waals surface area (Å²) in [4.78, 5) is 24.0. The number of rotatable bonds is 9. The molecule has 0 aliphatic rings. The molecule has 2 aromatic rings. The van der Waals surface area contributed by atoms with Gasteiger partial charge in [-0.2, -0.15) is 0 Å². The molecule has 144 valence electrons. The van der Waals surface area contributed by atoms with Crippen LogP contribution in [0, 0.1) is 0 Å². The van der Waals surface area contributed by atoms with E-state index < -0.39 is 17.6 Å². The van der Waals surface area contributed by atoms with Crippen molar-refractivity contribution in [3.05, 3.63) is 65.7 Å². The van der Waals surface area contributed by atoms with Gasteiger partial charge < -0.3 is 19.9 Å². The Morgan fingerprint density at radius 2 is 1.85 bits per heavy atom. The number of methoxy groups -OCH3 is 1. The summed E-state index contributed by atoms with van der Waals surface area (Å²) in [5.74, 6) is -0.803. The lowest BCUT2D eigenvalue weighted by Crippen LogP contribution is -2.48. The van der Waals surface area contributed by atoms with Gasteiger partial charge in [0, 0.05) is 0 Å². The van der Waals surface area contributed by atoms with E-state index in [-0.39, 0.29) is 12.3 Å². The molecule has 0 aromatic heterocycles. The molecule has 0 saturated carbocycles. The standard InChI is InChI=1S/C21H25NO5/c1-15(27-14-16-8-5-4-6-9-16)20(25)22-21(2,13-19(23)24)17-10-7-11-18(12-17)26-3/h4-12,15H,13-14H2,1-3H3,(H,22,25)(H,23,24). The van der Waals surface area contributed by atoms with Crippen LogP contribution < -0.4 is 10.1 Å². The van der Waals surface area contributed by atoms with Crippen LogP contribution in [0.5, 0.6) is 5.75 Å². The van der Waals surface area contributed by atoms with Crippen molar-refractivity contribution < 1.29 is 24.2 Å². The number of hydrogen-bond acceptors (Lipinski definition) is 4. The van der Waals surface area contributed by atoms with E-state index in [9.17, 15) is 14.7 Å². The van der Waals surface area contributed by atoms with Crippen molar-refractivity contribution in [2.24, 2.45) is 0 Å². The van der Waals surface area contributed by atoms with Gasteiger partial charge in [0.05, 0.1) is 25.7 Å². The Bertz CT molecular complexity index is 777. The van der Waals surface area contributed by atoms with Crippen LogP contribution >= 0.6 is 0 Å². The fourth-order valence-corrected chi connectivity index (χ4v) is 2.73. The zero-order valence-corrected chi connectivity index (χ0v) is 15.8. The Morgan fingerprint density at radius 1 is 1.15 bits per heavy atom. The third kappa shape index (κ3) is 5.82. The lowest BCUT2D eigenvalue weighted by Gasteiger charge is -2.31. The van der Waals surface area contributed by atoms with Crippen LogP contribution in [-0.4, -0.2) is 30.2 Å². The quantitative estimate of drug-likeness (QED) is 0.707. The van der Waals surface area contributed by atoms with Gasteiger partial charge in [0.25, 0.3) is 0 Å². The summed E-state index contributed by atoms with van der Waals surface area (Å²) in [7, 11) is 1.53. The average Bonchev–Trinajstić information content (AvgIpc) is 2.66. The summed E-state index contributed by atoms with van der Waals surface area (Å²) in [6, 6.07) is 16.5. The van der Waals surface area contributed by atoms with Gasteiger partial charge in [0.1, 0.15) is 11.9 Å². The maximum Gasteiger partial charge on any atom is 0.306 e. The highest BCUT2D eigenvalue weighted by atomic mass is 16.5. The number of ether oxygens (including phenoxy) is 2. The molecule has 6 heteroatoms. The molecule has 0 spiro atoms. The van der Waals surface area contributed by atoms with E-state index in [1.54, 1.807) is 38.1 Å². The first-order valence-electron chi connectivity index (χ1n) is 8.68. The number of nitrogens with one attached hydrogen (secondary N) is 1. The van der Waals surface area contributed by atoms with Crippen molar-refractivity contribution in [2.45, 2.75) is 38.5 Å². The van der Waals surface area contributed by atoms with Crippen LogP contribution in [0.1, 0.15) is 31.4 Å². The molecule has 2 rings (SSSR count). The molecule has 0 aliphatic carbocycles. The van der Waals surface area contributed by atoms with E-state index in [4.69, 9.17) is 9.47 Å². The maximum absolute atomic E-state index is 12.6. The zero-order chi connectivity index (χ0) is 19.9. The first-order chi connectivity index (χ1) is 12.8. The molecule has 0 saturated heterocycles. The van der Waals surface area contributed by atoms with Crippen molar-refractivity contribution in [1.82, 2.24) is 5.32 Å². The Kier molecular flexibility index (Phi) is 6.96. The number of carboxylic acids is 1. The summed E-state index contributed by atoms with van der Waals surface area (Å²) >= 11 is 0. The second kappa shape index (κ2) is 9.19. The van der Waals surface area contributed by atoms with E-state index >= 15 is 0 Å². The summed E-state index contributed by atoms with van der Waals surface area (Å²) in [6.45, 7) is 3.62. The van der Waals surface area contributed by atoms with Crippen LogP contribution in [0.2, 0.25) is 0 Å². The number of hydrogen-bond donors (Lipinski definition) is 2. The number of carbonyl (C=O) groups excluding carboxylic acids is 1. The normalized spacial score (nSPS) is 14.0. The largest absolute Gasteiger partial charge is 0.497 e. The van der Waals surface area contributed by atoms with Crippen molar-refractivity contribution in [1.29, 1.82) is 0 Å². The lowest BCUT2D eigenvalue weighted by atomic mass is 9.88. The molecular weight excluding hydrogens is 346 g/mol. The van der Waals surface area contributed by atoms with Gasteiger partial charge in [-0.3, -0.25) is 9.59 Å². The van der Waals surface area contributed by atoms with Crippen molar-refractivity contribution in [3.63, 3.8) is 0 Å². The second-order valence-electron chi connectivity index (χ2n) is 6.56. The third-order valence-corrected chi connectivity index (χ3v) is 4.32. The molecule has 27 heavy (non-hydrogen) atoms. The van der Waals surface area contributed by atoms with E-state index in [0.29, 0.717) is 17.9 Å². The SMILES string of the molecule is COc1cccc(C(C)(CC(=O)O)NC(=O)C(C)OCc2ccccc2)c1. The highest BCUT2D eigenvalue weighted by Crippen LogP contribution is 2.28. The first kappa shape index (κ1) is 20.5. The van der Waals surface area contributed by atoms with Gasteiger partial charge in [-0.15, -0.1) is 0 Å². The van der Waals surface area contributed by atoms with Gasteiger partial charge in [-0.05, 0) is 37.1 Å². The number of carbonyl (C=O) groups is 2. The fraction of sp³-hybridized carbons (Fsp3) is 0.333. The number of carboxylic acid groups (broad SMARTS) is 1. The summed E-state index contributed by atoms with van der Waals surface area (Å²) in [5.41, 5.74) is 0.507. The number of aliphatic carboxylic acids is 1. The Labute approximate surface area is 159 Å². The summed E-state index contributed by atoms with van der Waals surface area (Å²) in [6.07, 6.45) is -0.999. The van der Waals surface area contributed by atoms with Gasteiger partial charge in [0.2, 0.25) is 5.91 Å². The monoisotopic (exact) mass is 371 g/mol. The molecule has 0 fully saturated rings. The van der Waals surface area contributed by atoms with Crippen LogP contribution in [0.25, 0.3) is 0 Å². The fourth-order valence-electron chi connectivity index (χ4n) is 2.73. The van der Waals surface area contributed by atoms with Crippen LogP contribution in [-0.2, 0) is 26.5 Å². The molecule has 0 bridgehead atoms. The molecule has 1 amide bonds. The Balaban J connectivity index is 2.11. The zero-order valence-electron chi connectivity index (χ0n) is 15.8. The average molecular weight is 371 g/mol. The van der Waals surface area contributed by atoms with Gasteiger partial charge in [0.15, 0.2) is 0 Å². The Hall–Kier alpha value is -2.86. The molecule has 2 N–H and O–H groups in total. The molecule has 0 heterocycles. The minimum atomic E-state index is -1.10. The van der Waals surface area contributed by atoms with Crippen LogP contribution in [0.3, 0.4) is 0 Å². The molecule has 0 aliphatic heterocycles. The van der Waals surface area contributed by atoms with Crippen LogP contribution in [0.4, 0.5) is 0 Å².